The Morgan fingerprint density at radius 3 is 1.97 bits per heavy atom. The Hall–Kier alpha value is -0.397. The Morgan fingerprint density at radius 2 is 1.52 bits per heavy atom. The zero-order chi connectivity index (χ0) is 22.5. The van der Waals surface area contributed by atoms with E-state index in [1.807, 2.05) is 6.07 Å². The Kier molecular flexibility index (Phi) is 6.81. The number of hydrogen-bond acceptors (Lipinski definition) is 2. The Labute approximate surface area is 187 Å². The van der Waals surface area contributed by atoms with Gasteiger partial charge < -0.3 is 0 Å². The van der Waals surface area contributed by atoms with Gasteiger partial charge in [0.1, 0.15) is 0 Å². The Bertz CT molecular complexity index is 737. The van der Waals surface area contributed by atoms with Crippen LogP contribution in [0.15, 0.2) is 30.3 Å². The second kappa shape index (κ2) is 7.94. The SMILES string of the molecule is CC(C)(C)[Si](C)(C)OC[C@H]1N([Si](C)(C)C(C)(C)C)C(=O)[C@]1(C)[Se]c1ccccc1. The summed E-state index contributed by atoms with van der Waals surface area (Å²) in [6, 6.07) is 10.7. The molecule has 1 aliphatic heterocycles. The van der Waals surface area contributed by atoms with Crippen molar-refractivity contribution >= 4 is 41.9 Å². The van der Waals surface area contributed by atoms with E-state index in [1.165, 1.54) is 4.46 Å². The molecule has 0 spiro atoms. The molecule has 1 saturated heterocycles. The van der Waals surface area contributed by atoms with Crippen molar-refractivity contribution < 1.29 is 9.22 Å². The first kappa shape index (κ1) is 24.9. The van der Waals surface area contributed by atoms with Crippen molar-refractivity contribution in [1.29, 1.82) is 0 Å². The molecule has 0 saturated carbocycles. The van der Waals surface area contributed by atoms with Gasteiger partial charge in [-0.15, -0.1) is 0 Å². The monoisotopic (exact) mass is 499 g/mol. The third-order valence-electron chi connectivity index (χ3n) is 7.51. The van der Waals surface area contributed by atoms with E-state index in [0.717, 1.165) is 0 Å². The van der Waals surface area contributed by atoms with E-state index < -0.39 is 16.6 Å². The summed E-state index contributed by atoms with van der Waals surface area (Å²) >= 11 is 0.0890. The maximum atomic E-state index is 13.6. The van der Waals surface area contributed by atoms with Crippen molar-refractivity contribution in [3.8, 4) is 0 Å². The number of benzene rings is 1. The summed E-state index contributed by atoms with van der Waals surface area (Å²) in [5.41, 5.74) is 0. The van der Waals surface area contributed by atoms with Crippen molar-refractivity contribution in [1.82, 2.24) is 4.57 Å². The van der Waals surface area contributed by atoms with Gasteiger partial charge in [-0.1, -0.05) is 0 Å². The number of amides is 1. The Balaban J connectivity index is 2.37. The van der Waals surface area contributed by atoms with Crippen LogP contribution in [-0.4, -0.2) is 54.6 Å². The summed E-state index contributed by atoms with van der Waals surface area (Å²) in [6.07, 6.45) is 0. The molecule has 29 heavy (non-hydrogen) atoms. The molecular formula is C23H41NO2SeSi2. The molecule has 0 N–H and O–H groups in total. The molecular weight excluding hydrogens is 457 g/mol. The fourth-order valence-corrected chi connectivity index (χ4v) is 9.94. The van der Waals surface area contributed by atoms with Gasteiger partial charge in [0.25, 0.3) is 0 Å². The van der Waals surface area contributed by atoms with Gasteiger partial charge in [0.05, 0.1) is 0 Å². The third kappa shape index (κ3) is 4.62. The summed E-state index contributed by atoms with van der Waals surface area (Å²) in [5, 5.41) is 0.294. The molecule has 0 radical (unpaired) electrons. The van der Waals surface area contributed by atoms with Crippen LogP contribution < -0.4 is 4.46 Å². The first-order valence-corrected chi connectivity index (χ1v) is 18.2. The predicted molar refractivity (Wildman–Crippen MR) is 131 cm³/mol. The first-order chi connectivity index (χ1) is 13.0. The van der Waals surface area contributed by atoms with Crippen LogP contribution in [-0.2, 0) is 9.22 Å². The van der Waals surface area contributed by atoms with Crippen molar-refractivity contribution in [2.75, 3.05) is 6.61 Å². The third-order valence-corrected chi connectivity index (χ3v) is 20.3. The second-order valence-corrected chi connectivity index (χ2v) is 24.7. The van der Waals surface area contributed by atoms with Crippen LogP contribution in [0.1, 0.15) is 48.5 Å². The van der Waals surface area contributed by atoms with Gasteiger partial charge in [0.15, 0.2) is 0 Å². The van der Waals surface area contributed by atoms with Gasteiger partial charge in [0, 0.05) is 0 Å². The molecule has 0 bridgehead atoms. The number of rotatable bonds is 6. The van der Waals surface area contributed by atoms with Gasteiger partial charge in [-0.25, -0.2) is 0 Å². The van der Waals surface area contributed by atoms with E-state index in [2.05, 4.69) is 103 Å². The standard InChI is InChI=1S/C23H41NO2SeSi2/c1-21(2,3)28(8,9)24-19(17-26-29(10,11)22(4,5)6)23(7,20(24)25)27-18-15-13-12-14-16-18/h12-16,19H,17H2,1-11H3/t19-,23-/m1/s1. The van der Waals surface area contributed by atoms with Gasteiger partial charge in [-0.3, -0.25) is 0 Å². The van der Waals surface area contributed by atoms with Crippen LogP contribution in [0.5, 0.6) is 0 Å². The molecule has 1 fully saturated rings. The van der Waals surface area contributed by atoms with Crippen molar-refractivity contribution in [2.45, 2.75) is 95.1 Å². The minimum absolute atomic E-state index is 0.0890. The first-order valence-electron chi connectivity index (χ1n) is 10.7. The molecule has 1 heterocycles. The van der Waals surface area contributed by atoms with Crippen LogP contribution in [0.3, 0.4) is 0 Å². The number of nitrogens with zero attached hydrogens (tertiary/aromatic N) is 1. The average Bonchev–Trinajstić information content (AvgIpc) is 2.56. The van der Waals surface area contributed by atoms with Crippen LogP contribution in [0, 0.1) is 0 Å². The summed E-state index contributed by atoms with van der Waals surface area (Å²) in [4.78, 5) is 13.6. The van der Waals surface area contributed by atoms with E-state index >= 15 is 0 Å². The summed E-state index contributed by atoms with van der Waals surface area (Å²) < 4.78 is 9.94. The second-order valence-electron chi connectivity index (χ2n) is 11.6. The topological polar surface area (TPSA) is 29.5 Å². The zero-order valence-corrected chi connectivity index (χ0v) is 24.1. The number of β-lactam (4-membered cyclic amide) rings is 1. The molecule has 2 atom stereocenters. The Morgan fingerprint density at radius 1 is 1.00 bits per heavy atom. The minimum atomic E-state index is -1.97. The number of carbonyl (C=O) groups is 1. The van der Waals surface area contributed by atoms with Crippen molar-refractivity contribution in [3.05, 3.63) is 30.3 Å². The van der Waals surface area contributed by atoms with Crippen molar-refractivity contribution in [3.63, 3.8) is 0 Å². The maximum absolute atomic E-state index is 13.6. The summed E-state index contributed by atoms with van der Waals surface area (Å²) in [7, 11) is -3.84. The van der Waals surface area contributed by atoms with Crippen LogP contribution in [0.4, 0.5) is 0 Å². The zero-order valence-electron chi connectivity index (χ0n) is 20.3. The molecule has 1 aromatic carbocycles. The molecule has 6 heteroatoms. The molecule has 0 aromatic heterocycles. The van der Waals surface area contributed by atoms with Crippen LogP contribution in [0.25, 0.3) is 0 Å². The van der Waals surface area contributed by atoms with E-state index in [-0.39, 0.29) is 35.4 Å². The summed E-state index contributed by atoms with van der Waals surface area (Å²) in [6.45, 7) is 25.9. The van der Waals surface area contributed by atoms with E-state index in [4.69, 9.17) is 4.43 Å². The molecule has 0 unspecified atom stereocenters. The average molecular weight is 499 g/mol. The fourth-order valence-electron chi connectivity index (χ4n) is 3.29. The van der Waals surface area contributed by atoms with Crippen molar-refractivity contribution in [2.24, 2.45) is 0 Å². The molecule has 1 aliphatic rings. The molecule has 3 nitrogen and oxygen atoms in total. The molecule has 0 aliphatic carbocycles. The van der Waals surface area contributed by atoms with Gasteiger partial charge in [-0.05, 0) is 0 Å². The normalized spacial score (nSPS) is 23.9. The fraction of sp³-hybridized carbons (Fsp3) is 0.696. The van der Waals surface area contributed by atoms with Crippen LogP contribution in [0.2, 0.25) is 40.6 Å². The molecule has 1 aromatic rings. The predicted octanol–water partition coefficient (Wildman–Crippen LogP) is 5.43. The molecule has 164 valence electrons. The quantitative estimate of drug-likeness (QED) is 0.387. The van der Waals surface area contributed by atoms with Gasteiger partial charge in [-0.2, -0.15) is 0 Å². The van der Waals surface area contributed by atoms with Gasteiger partial charge >= 0.3 is 188 Å². The summed E-state index contributed by atoms with van der Waals surface area (Å²) in [5.74, 6) is 0.344. The van der Waals surface area contributed by atoms with Gasteiger partial charge in [0.2, 0.25) is 0 Å². The molecule has 2 rings (SSSR count). The molecule has 1 amide bonds. The van der Waals surface area contributed by atoms with E-state index in [9.17, 15) is 4.79 Å². The number of hydrogen-bond donors (Lipinski definition) is 0. The number of carbonyl (C=O) groups excluding carboxylic acids is 1. The van der Waals surface area contributed by atoms with E-state index in [0.29, 0.717) is 12.5 Å². The van der Waals surface area contributed by atoms with E-state index in [1.54, 1.807) is 0 Å². The van der Waals surface area contributed by atoms with Crippen LogP contribution >= 0.6 is 0 Å².